The summed E-state index contributed by atoms with van der Waals surface area (Å²) in [6.07, 6.45) is 8.36. The van der Waals surface area contributed by atoms with Gasteiger partial charge in [0.2, 0.25) is 0 Å². The van der Waals surface area contributed by atoms with Crippen LogP contribution in [0.5, 0.6) is 0 Å². The average Bonchev–Trinajstić information content (AvgIpc) is 2.84. The van der Waals surface area contributed by atoms with Crippen LogP contribution in [0.4, 0.5) is 0 Å². The maximum absolute atomic E-state index is 2.70. The van der Waals surface area contributed by atoms with Crippen molar-refractivity contribution in [1.82, 2.24) is 0 Å². The van der Waals surface area contributed by atoms with Gasteiger partial charge >= 0.3 is 0 Å². The first kappa shape index (κ1) is 14.6. The summed E-state index contributed by atoms with van der Waals surface area (Å²) in [6, 6.07) is 11.1. The summed E-state index contributed by atoms with van der Waals surface area (Å²) in [4.78, 5) is 0. The van der Waals surface area contributed by atoms with Crippen LogP contribution in [0.3, 0.4) is 0 Å². The quantitative estimate of drug-likeness (QED) is 0.657. The summed E-state index contributed by atoms with van der Waals surface area (Å²) in [5.41, 5.74) is 4.49. The fourth-order valence-corrected chi connectivity index (χ4v) is 5.85. The molecule has 0 aromatic heterocycles. The minimum atomic E-state index is -1.39. The second kappa shape index (κ2) is 6.56. The highest BCUT2D eigenvalue weighted by Crippen LogP contribution is 2.35. The first-order chi connectivity index (χ1) is 9.13. The van der Waals surface area contributed by atoms with E-state index in [1.165, 1.54) is 38.5 Å². The van der Waals surface area contributed by atoms with Gasteiger partial charge in [0.1, 0.15) is 8.07 Å². The first-order valence-corrected chi connectivity index (χ1v) is 11.0. The number of allylic oxidation sites excluding steroid dienone is 1. The van der Waals surface area contributed by atoms with E-state index in [0.717, 1.165) is 5.92 Å². The van der Waals surface area contributed by atoms with Gasteiger partial charge in [-0.3, -0.25) is 0 Å². The molecule has 104 valence electrons. The molecule has 1 aliphatic rings. The van der Waals surface area contributed by atoms with Crippen LogP contribution in [0, 0.1) is 5.92 Å². The fourth-order valence-electron chi connectivity index (χ4n) is 3.33. The predicted octanol–water partition coefficient (Wildman–Crippen LogP) is 5.06. The maximum Gasteiger partial charge on any atom is 0.104 e. The summed E-state index contributed by atoms with van der Waals surface area (Å²) < 4.78 is 0. The Hall–Kier alpha value is -0.823. The van der Waals surface area contributed by atoms with Gasteiger partial charge in [0.15, 0.2) is 0 Å². The van der Waals surface area contributed by atoms with Crippen LogP contribution < -0.4 is 5.19 Å². The molecule has 0 aliphatic heterocycles. The lowest BCUT2D eigenvalue weighted by molar-refractivity contribution is 0.540. The Bertz CT molecular complexity index is 417. The van der Waals surface area contributed by atoms with E-state index >= 15 is 0 Å². The summed E-state index contributed by atoms with van der Waals surface area (Å²) in [6.45, 7) is 7.29. The molecule has 0 saturated heterocycles. The third kappa shape index (κ3) is 3.82. The van der Waals surface area contributed by atoms with Crippen LogP contribution in [0.1, 0.15) is 45.4 Å². The molecule has 0 heterocycles. The van der Waals surface area contributed by atoms with Crippen molar-refractivity contribution >= 4 is 13.3 Å². The summed E-state index contributed by atoms with van der Waals surface area (Å²) >= 11 is 0. The summed E-state index contributed by atoms with van der Waals surface area (Å²) in [5, 5.41) is 1.57. The van der Waals surface area contributed by atoms with Gasteiger partial charge in [-0.1, -0.05) is 79.7 Å². The Labute approximate surface area is 119 Å². The molecule has 1 aliphatic carbocycles. The summed E-state index contributed by atoms with van der Waals surface area (Å²) in [7, 11) is -1.39. The monoisotopic (exact) mass is 272 g/mol. The molecule has 0 radical (unpaired) electrons. The number of unbranched alkanes of at least 4 members (excludes halogenated alkanes) is 1. The van der Waals surface area contributed by atoms with Crippen LogP contribution in [0.25, 0.3) is 0 Å². The molecule has 0 bridgehead atoms. The molecule has 1 aromatic rings. The topological polar surface area (TPSA) is 0 Å². The second-order valence-corrected chi connectivity index (χ2v) is 10.8. The van der Waals surface area contributed by atoms with Crippen LogP contribution in [0.15, 0.2) is 41.6 Å². The van der Waals surface area contributed by atoms with E-state index in [2.05, 4.69) is 56.0 Å². The van der Waals surface area contributed by atoms with Crippen molar-refractivity contribution in [3.05, 3.63) is 41.6 Å². The molecule has 0 N–H and O–H groups in total. The molecule has 1 unspecified atom stereocenters. The number of rotatable bonds is 5. The van der Waals surface area contributed by atoms with E-state index in [4.69, 9.17) is 0 Å². The van der Waals surface area contributed by atoms with E-state index in [0.29, 0.717) is 0 Å². The SMILES string of the molecule is CCCCC1CCC/C1=C/[Si](C)(C)c1ccccc1. The normalized spacial score (nSPS) is 22.1. The Morgan fingerprint density at radius 1 is 1.21 bits per heavy atom. The van der Waals surface area contributed by atoms with Gasteiger partial charge in [-0.2, -0.15) is 0 Å². The van der Waals surface area contributed by atoms with Gasteiger partial charge in [0, 0.05) is 0 Å². The van der Waals surface area contributed by atoms with E-state index in [1.54, 1.807) is 10.8 Å². The van der Waals surface area contributed by atoms with Crippen LogP contribution in [-0.2, 0) is 0 Å². The molecule has 0 nitrogen and oxygen atoms in total. The summed E-state index contributed by atoms with van der Waals surface area (Å²) in [5.74, 6) is 0.899. The zero-order valence-corrected chi connectivity index (χ0v) is 13.8. The molecule has 1 fully saturated rings. The smallest absolute Gasteiger partial charge is 0.0908 e. The number of hydrogen-bond acceptors (Lipinski definition) is 0. The number of benzene rings is 1. The van der Waals surface area contributed by atoms with Gasteiger partial charge in [-0.15, -0.1) is 0 Å². The van der Waals surface area contributed by atoms with Gasteiger partial charge in [-0.25, -0.2) is 0 Å². The molecule has 1 aromatic carbocycles. The fraction of sp³-hybridized carbons (Fsp3) is 0.556. The third-order valence-electron chi connectivity index (χ3n) is 4.51. The molecule has 2 rings (SSSR count). The Balaban J connectivity index is 2.14. The highest BCUT2D eigenvalue weighted by atomic mass is 28.3. The average molecular weight is 273 g/mol. The number of hydrogen-bond donors (Lipinski definition) is 0. The van der Waals surface area contributed by atoms with Crippen molar-refractivity contribution in [3.63, 3.8) is 0 Å². The third-order valence-corrected chi connectivity index (χ3v) is 7.43. The Morgan fingerprint density at radius 3 is 2.63 bits per heavy atom. The highest BCUT2D eigenvalue weighted by Gasteiger charge is 2.26. The molecule has 0 spiro atoms. The Morgan fingerprint density at radius 2 is 1.95 bits per heavy atom. The lowest BCUT2D eigenvalue weighted by atomic mass is 9.97. The van der Waals surface area contributed by atoms with E-state index in [-0.39, 0.29) is 0 Å². The predicted molar refractivity (Wildman–Crippen MR) is 88.5 cm³/mol. The lowest BCUT2D eigenvalue weighted by Crippen LogP contribution is -2.39. The van der Waals surface area contributed by atoms with Crippen molar-refractivity contribution in [2.24, 2.45) is 5.92 Å². The van der Waals surface area contributed by atoms with Crippen molar-refractivity contribution in [2.75, 3.05) is 0 Å². The molecule has 19 heavy (non-hydrogen) atoms. The van der Waals surface area contributed by atoms with Crippen LogP contribution in [0.2, 0.25) is 13.1 Å². The standard InChI is InChI=1S/C18H28Si/c1-4-5-10-16-11-9-12-17(16)15-19(2,3)18-13-7-6-8-14-18/h6-8,13-16H,4-5,9-12H2,1-3H3/b17-15-. The molecule has 0 amide bonds. The largest absolute Gasteiger partial charge is 0.104 e. The van der Waals surface area contributed by atoms with Gasteiger partial charge in [0.25, 0.3) is 0 Å². The van der Waals surface area contributed by atoms with Crippen LogP contribution >= 0.6 is 0 Å². The zero-order chi connectivity index (χ0) is 13.7. The molecular formula is C18H28Si. The van der Waals surface area contributed by atoms with Crippen LogP contribution in [-0.4, -0.2) is 8.07 Å². The van der Waals surface area contributed by atoms with E-state index in [9.17, 15) is 0 Å². The first-order valence-electron chi connectivity index (χ1n) is 7.90. The minimum Gasteiger partial charge on any atom is -0.0908 e. The zero-order valence-electron chi connectivity index (χ0n) is 12.8. The maximum atomic E-state index is 2.70. The van der Waals surface area contributed by atoms with Crippen molar-refractivity contribution in [3.8, 4) is 0 Å². The Kier molecular flexibility index (Phi) is 5.03. The van der Waals surface area contributed by atoms with Crippen molar-refractivity contribution in [1.29, 1.82) is 0 Å². The molecule has 1 atom stereocenters. The van der Waals surface area contributed by atoms with Gasteiger partial charge < -0.3 is 0 Å². The van der Waals surface area contributed by atoms with Crippen molar-refractivity contribution < 1.29 is 0 Å². The van der Waals surface area contributed by atoms with Gasteiger partial charge in [-0.05, 0) is 31.6 Å². The van der Waals surface area contributed by atoms with E-state index in [1.807, 2.05) is 0 Å². The lowest BCUT2D eigenvalue weighted by Gasteiger charge is -2.22. The van der Waals surface area contributed by atoms with E-state index < -0.39 is 8.07 Å². The minimum absolute atomic E-state index is 0.899. The highest BCUT2D eigenvalue weighted by molar-refractivity contribution is 6.94. The van der Waals surface area contributed by atoms with Gasteiger partial charge in [0.05, 0.1) is 0 Å². The molecular weight excluding hydrogens is 244 g/mol. The van der Waals surface area contributed by atoms with Crippen molar-refractivity contribution in [2.45, 2.75) is 58.5 Å². The second-order valence-electron chi connectivity index (χ2n) is 6.54. The molecule has 1 heteroatoms. The molecule has 1 saturated carbocycles.